The highest BCUT2D eigenvalue weighted by Crippen LogP contribution is 2.23. The molecule has 0 aromatic heterocycles. The molecule has 0 saturated carbocycles. The lowest BCUT2D eigenvalue weighted by Crippen LogP contribution is -2.25. The molecule has 2 rings (SSSR count). The summed E-state index contributed by atoms with van der Waals surface area (Å²) in [7, 11) is 0. The van der Waals surface area contributed by atoms with E-state index in [4.69, 9.17) is 0 Å². The van der Waals surface area contributed by atoms with Gasteiger partial charge in [0.05, 0.1) is 0 Å². The van der Waals surface area contributed by atoms with Gasteiger partial charge in [0, 0.05) is 29.8 Å². The molecule has 1 aliphatic rings. The highest BCUT2D eigenvalue weighted by molar-refractivity contribution is 9.10. The Morgan fingerprint density at radius 3 is 3.14 bits per heavy atom. The highest BCUT2D eigenvalue weighted by Gasteiger charge is 2.12. The normalized spacial score (nSPS) is 17.0. The molecule has 0 fully saturated rings. The van der Waals surface area contributed by atoms with Crippen molar-refractivity contribution in [3.63, 3.8) is 0 Å². The van der Waals surface area contributed by atoms with E-state index in [1.807, 2.05) is 0 Å². The predicted octanol–water partition coefficient (Wildman–Crippen LogP) is 2.70. The summed E-state index contributed by atoms with van der Waals surface area (Å²) < 4.78 is 1.16. The molecule has 1 heterocycles. The molecule has 0 unspecified atom stereocenters. The number of benzene rings is 1. The Balaban J connectivity index is 2.28. The van der Waals surface area contributed by atoms with Crippen molar-refractivity contribution >= 4 is 21.6 Å². The molecule has 0 saturated heterocycles. The zero-order chi connectivity index (χ0) is 9.97. The summed E-state index contributed by atoms with van der Waals surface area (Å²) in [6.45, 7) is 6.56. The van der Waals surface area contributed by atoms with E-state index in [9.17, 15) is 0 Å². The maximum absolute atomic E-state index is 3.51. The number of halogens is 1. The van der Waals surface area contributed by atoms with E-state index in [0.717, 1.165) is 30.7 Å². The molecule has 1 N–H and O–H groups in total. The number of rotatable bonds is 1. The molecule has 3 heteroatoms. The first-order valence-corrected chi connectivity index (χ1v) is 5.83. The van der Waals surface area contributed by atoms with Crippen LogP contribution in [-0.2, 0) is 6.54 Å². The number of anilines is 1. The van der Waals surface area contributed by atoms with Crippen molar-refractivity contribution in [3.8, 4) is 0 Å². The Kier molecular flexibility index (Phi) is 3.08. The predicted molar refractivity (Wildman–Crippen MR) is 63.6 cm³/mol. The maximum Gasteiger partial charge on any atom is 0.0387 e. The van der Waals surface area contributed by atoms with E-state index in [1.54, 1.807) is 0 Å². The lowest BCUT2D eigenvalue weighted by Gasteiger charge is -2.16. The van der Waals surface area contributed by atoms with Crippen LogP contribution in [0.2, 0.25) is 0 Å². The van der Waals surface area contributed by atoms with Crippen LogP contribution in [0.15, 0.2) is 22.7 Å². The van der Waals surface area contributed by atoms with Crippen LogP contribution in [0.5, 0.6) is 0 Å². The highest BCUT2D eigenvalue weighted by atomic mass is 79.9. The van der Waals surface area contributed by atoms with Gasteiger partial charge in [-0.15, -0.1) is 0 Å². The van der Waals surface area contributed by atoms with Gasteiger partial charge in [0.25, 0.3) is 0 Å². The second-order valence-corrected chi connectivity index (χ2v) is 4.51. The van der Waals surface area contributed by atoms with Gasteiger partial charge in [0.15, 0.2) is 0 Å². The van der Waals surface area contributed by atoms with Gasteiger partial charge in [-0.3, -0.25) is 4.90 Å². The third kappa shape index (κ3) is 2.10. The number of nitrogens with one attached hydrogen (secondary N) is 1. The third-order valence-corrected chi connectivity index (χ3v) is 3.15. The second-order valence-electron chi connectivity index (χ2n) is 3.60. The largest absolute Gasteiger partial charge is 0.383 e. The standard InChI is InChI=1S/C11H15BrN2/c1-2-14-6-5-13-11-4-3-10(12)7-9(11)8-14/h3-4,7,13H,2,5-6,8H2,1H3. The van der Waals surface area contributed by atoms with Gasteiger partial charge in [-0.2, -0.15) is 0 Å². The lowest BCUT2D eigenvalue weighted by molar-refractivity contribution is 0.296. The first-order valence-electron chi connectivity index (χ1n) is 5.04. The minimum atomic E-state index is 1.04. The molecule has 0 bridgehead atoms. The number of nitrogens with zero attached hydrogens (tertiary/aromatic N) is 1. The van der Waals surface area contributed by atoms with E-state index in [-0.39, 0.29) is 0 Å². The molecule has 0 spiro atoms. The molecule has 14 heavy (non-hydrogen) atoms. The Labute approximate surface area is 93.4 Å². The van der Waals surface area contributed by atoms with Crippen molar-refractivity contribution in [2.24, 2.45) is 0 Å². The first kappa shape index (κ1) is 9.99. The molecule has 0 amide bonds. The van der Waals surface area contributed by atoms with Crippen molar-refractivity contribution in [1.29, 1.82) is 0 Å². The van der Waals surface area contributed by atoms with Crippen LogP contribution in [0.4, 0.5) is 5.69 Å². The van der Waals surface area contributed by atoms with Gasteiger partial charge in [-0.25, -0.2) is 0 Å². The fourth-order valence-electron chi connectivity index (χ4n) is 1.80. The first-order chi connectivity index (χ1) is 6.79. The maximum atomic E-state index is 3.51. The monoisotopic (exact) mass is 254 g/mol. The average molecular weight is 255 g/mol. The van der Waals surface area contributed by atoms with Gasteiger partial charge in [0.1, 0.15) is 0 Å². The van der Waals surface area contributed by atoms with Gasteiger partial charge >= 0.3 is 0 Å². The topological polar surface area (TPSA) is 15.3 Å². The second kappa shape index (κ2) is 4.32. The molecule has 0 atom stereocenters. The van der Waals surface area contributed by atoms with E-state index >= 15 is 0 Å². The third-order valence-electron chi connectivity index (χ3n) is 2.65. The van der Waals surface area contributed by atoms with Crippen LogP contribution in [-0.4, -0.2) is 24.5 Å². The quantitative estimate of drug-likeness (QED) is 0.830. The Morgan fingerprint density at radius 1 is 1.50 bits per heavy atom. The minimum absolute atomic E-state index is 1.04. The zero-order valence-corrected chi connectivity index (χ0v) is 9.97. The van der Waals surface area contributed by atoms with Crippen LogP contribution in [0, 0.1) is 0 Å². The summed E-state index contributed by atoms with van der Waals surface area (Å²) in [6, 6.07) is 6.45. The van der Waals surface area contributed by atoms with Crippen LogP contribution >= 0.6 is 15.9 Å². The van der Waals surface area contributed by atoms with Crippen molar-refractivity contribution in [3.05, 3.63) is 28.2 Å². The molecule has 1 aromatic carbocycles. The summed E-state index contributed by atoms with van der Waals surface area (Å²) in [6.07, 6.45) is 0. The summed E-state index contributed by atoms with van der Waals surface area (Å²) in [5, 5.41) is 3.45. The molecule has 2 nitrogen and oxygen atoms in total. The summed E-state index contributed by atoms with van der Waals surface area (Å²) in [5.74, 6) is 0. The Hall–Kier alpha value is -0.540. The molecule has 0 radical (unpaired) electrons. The number of fused-ring (bicyclic) bond motifs is 1. The van der Waals surface area contributed by atoms with E-state index in [1.165, 1.54) is 11.3 Å². The van der Waals surface area contributed by atoms with Gasteiger partial charge in [-0.1, -0.05) is 22.9 Å². The smallest absolute Gasteiger partial charge is 0.0387 e. The van der Waals surface area contributed by atoms with Crippen molar-refractivity contribution in [2.45, 2.75) is 13.5 Å². The molecule has 1 aromatic rings. The molecular weight excluding hydrogens is 240 g/mol. The van der Waals surface area contributed by atoms with Gasteiger partial charge in [0.2, 0.25) is 0 Å². The zero-order valence-electron chi connectivity index (χ0n) is 8.39. The van der Waals surface area contributed by atoms with E-state index < -0.39 is 0 Å². The Morgan fingerprint density at radius 2 is 2.36 bits per heavy atom. The molecule has 0 aliphatic carbocycles. The number of hydrogen-bond donors (Lipinski definition) is 1. The van der Waals surface area contributed by atoms with Crippen LogP contribution in [0.3, 0.4) is 0 Å². The number of hydrogen-bond acceptors (Lipinski definition) is 2. The average Bonchev–Trinajstić information content (AvgIpc) is 2.38. The van der Waals surface area contributed by atoms with E-state index in [0.29, 0.717) is 0 Å². The van der Waals surface area contributed by atoms with Gasteiger partial charge < -0.3 is 5.32 Å². The Bertz CT molecular complexity index is 325. The summed E-state index contributed by atoms with van der Waals surface area (Å²) >= 11 is 3.51. The SMILES string of the molecule is CCN1CCNc2ccc(Br)cc2C1. The van der Waals surface area contributed by atoms with Crippen molar-refractivity contribution in [2.75, 3.05) is 25.0 Å². The molecule has 76 valence electrons. The van der Waals surface area contributed by atoms with Gasteiger partial charge in [-0.05, 0) is 30.3 Å². The van der Waals surface area contributed by atoms with Crippen LogP contribution in [0.1, 0.15) is 12.5 Å². The molecular formula is C11H15BrN2. The minimum Gasteiger partial charge on any atom is -0.383 e. The fourth-order valence-corrected chi connectivity index (χ4v) is 2.21. The van der Waals surface area contributed by atoms with Crippen molar-refractivity contribution < 1.29 is 0 Å². The summed E-state index contributed by atoms with van der Waals surface area (Å²) in [4.78, 5) is 2.45. The van der Waals surface area contributed by atoms with Crippen molar-refractivity contribution in [1.82, 2.24) is 4.90 Å². The number of likely N-dealkylation sites (N-methyl/N-ethyl adjacent to an activating group) is 1. The lowest BCUT2D eigenvalue weighted by atomic mass is 10.2. The van der Waals surface area contributed by atoms with Crippen LogP contribution in [0.25, 0.3) is 0 Å². The molecule has 1 aliphatic heterocycles. The fraction of sp³-hybridized carbons (Fsp3) is 0.455. The van der Waals surface area contributed by atoms with E-state index in [2.05, 4.69) is 51.3 Å². The summed E-state index contributed by atoms with van der Waals surface area (Å²) in [5.41, 5.74) is 2.67. The van der Waals surface area contributed by atoms with Crippen LogP contribution < -0.4 is 5.32 Å².